The topological polar surface area (TPSA) is 143 Å². The van der Waals surface area contributed by atoms with Crippen LogP contribution in [0.15, 0.2) is 52.1 Å². The van der Waals surface area contributed by atoms with Gasteiger partial charge in [-0.25, -0.2) is 14.0 Å². The van der Waals surface area contributed by atoms with E-state index in [-0.39, 0.29) is 22.9 Å². The maximum Gasteiger partial charge on any atom is 0.202 e. The number of rotatable bonds is 6. The summed E-state index contributed by atoms with van der Waals surface area (Å²) in [5, 5.41) is 40.7. The number of hydrogen-bond acceptors (Lipinski definition) is 8. The van der Waals surface area contributed by atoms with Crippen molar-refractivity contribution in [1.29, 1.82) is 10.5 Å². The van der Waals surface area contributed by atoms with Gasteiger partial charge in [0, 0.05) is 12.2 Å². The van der Waals surface area contributed by atoms with Gasteiger partial charge >= 0.3 is 0 Å². The predicted molar refractivity (Wildman–Crippen MR) is 101 cm³/mol. The molecule has 0 fully saturated rings. The van der Waals surface area contributed by atoms with Gasteiger partial charge in [-0.3, -0.25) is 0 Å². The van der Waals surface area contributed by atoms with Gasteiger partial charge in [-0.05, 0) is 46.2 Å². The number of aliphatic imine (C=N–C) groups is 1. The Morgan fingerprint density at radius 2 is 2.03 bits per heavy atom. The summed E-state index contributed by atoms with van der Waals surface area (Å²) in [6.07, 6.45) is 0. The van der Waals surface area contributed by atoms with E-state index < -0.39 is 12.5 Å². The first kappa shape index (κ1) is 19.5. The van der Waals surface area contributed by atoms with E-state index in [9.17, 15) is 9.50 Å². The number of anilines is 2. The van der Waals surface area contributed by atoms with E-state index in [1.54, 1.807) is 24.3 Å². The molecule has 3 N–H and O–H groups in total. The lowest BCUT2D eigenvalue weighted by Crippen LogP contribution is -2.17. The van der Waals surface area contributed by atoms with Crippen LogP contribution < -0.4 is 10.6 Å². The van der Waals surface area contributed by atoms with Crippen molar-refractivity contribution in [1.82, 2.24) is 10.3 Å². The fraction of sp³-hybridized carbons (Fsp3) is 0.105. The summed E-state index contributed by atoms with van der Waals surface area (Å²) in [7, 11) is 0. The first-order valence-electron chi connectivity index (χ1n) is 8.32. The van der Waals surface area contributed by atoms with Gasteiger partial charge in [0.25, 0.3) is 0 Å². The Morgan fingerprint density at radius 1 is 1.17 bits per heavy atom. The van der Waals surface area contributed by atoms with E-state index in [0.29, 0.717) is 17.8 Å². The zero-order valence-electron chi connectivity index (χ0n) is 14.9. The summed E-state index contributed by atoms with van der Waals surface area (Å²) >= 11 is 0. The predicted octanol–water partition coefficient (Wildman–Crippen LogP) is 2.37. The highest BCUT2D eigenvalue weighted by Crippen LogP contribution is 2.18. The van der Waals surface area contributed by atoms with Crippen molar-refractivity contribution in [2.24, 2.45) is 4.99 Å². The standard InChI is InChI=1S/C19H14FN7O2/c20-16-5-4-15(7-14(16)9-22)25-18(24-11-28)17-19(27-29-26-17)23-10-13-3-1-2-12(6-13)8-21/h1-7,28H,10-11H2,(H,23,27)(H,24,25). The molecule has 3 aromatic rings. The smallest absolute Gasteiger partial charge is 0.202 e. The van der Waals surface area contributed by atoms with Gasteiger partial charge in [0.2, 0.25) is 5.82 Å². The second-order valence-electron chi connectivity index (χ2n) is 5.71. The Hall–Kier alpha value is -4.28. The molecule has 3 rings (SSSR count). The second kappa shape index (κ2) is 9.08. The summed E-state index contributed by atoms with van der Waals surface area (Å²) in [6.45, 7) is -0.219. The van der Waals surface area contributed by atoms with Crippen LogP contribution in [0, 0.1) is 28.5 Å². The van der Waals surface area contributed by atoms with Crippen LogP contribution in [0.25, 0.3) is 0 Å². The highest BCUT2D eigenvalue weighted by molar-refractivity contribution is 6.09. The summed E-state index contributed by atoms with van der Waals surface area (Å²) in [5.41, 5.74) is 1.76. The van der Waals surface area contributed by atoms with Crippen LogP contribution in [0.3, 0.4) is 0 Å². The van der Waals surface area contributed by atoms with Crippen molar-refractivity contribution < 1.29 is 14.1 Å². The third kappa shape index (κ3) is 4.71. The quantitative estimate of drug-likeness (QED) is 0.429. The van der Waals surface area contributed by atoms with Crippen molar-refractivity contribution >= 4 is 17.3 Å². The molecule has 0 aliphatic rings. The Kier molecular flexibility index (Phi) is 6.10. The lowest BCUT2D eigenvalue weighted by atomic mass is 10.1. The molecule has 0 unspecified atom stereocenters. The minimum absolute atomic E-state index is 0.109. The van der Waals surface area contributed by atoms with E-state index in [0.717, 1.165) is 11.6 Å². The zero-order valence-corrected chi connectivity index (χ0v) is 14.9. The number of aliphatic hydroxyl groups excluding tert-OH is 1. The molecule has 1 aromatic heterocycles. The molecule has 0 saturated carbocycles. The van der Waals surface area contributed by atoms with Gasteiger partial charge in [-0.2, -0.15) is 10.5 Å². The van der Waals surface area contributed by atoms with Crippen molar-refractivity contribution in [2.45, 2.75) is 6.54 Å². The van der Waals surface area contributed by atoms with E-state index in [2.05, 4.69) is 32.0 Å². The van der Waals surface area contributed by atoms with Crippen LogP contribution >= 0.6 is 0 Å². The molecular weight excluding hydrogens is 377 g/mol. The molecule has 0 bridgehead atoms. The zero-order chi connectivity index (χ0) is 20.6. The molecule has 0 amide bonds. The van der Waals surface area contributed by atoms with E-state index >= 15 is 0 Å². The molecule has 9 nitrogen and oxygen atoms in total. The number of aliphatic hydroxyl groups is 1. The van der Waals surface area contributed by atoms with Gasteiger partial charge < -0.3 is 15.7 Å². The molecule has 0 spiro atoms. The van der Waals surface area contributed by atoms with Crippen LogP contribution in [0.4, 0.5) is 15.9 Å². The van der Waals surface area contributed by atoms with Gasteiger partial charge in [0.15, 0.2) is 11.5 Å². The maximum absolute atomic E-state index is 13.5. The first-order valence-corrected chi connectivity index (χ1v) is 8.32. The number of nitriles is 2. The first-order chi connectivity index (χ1) is 14.1. The number of hydrogen-bond donors (Lipinski definition) is 3. The van der Waals surface area contributed by atoms with Crippen molar-refractivity contribution in [3.05, 3.63) is 70.7 Å². The SMILES string of the molecule is N#Cc1cccc(CNc2nonc2C(=NCO)Nc2ccc(F)c(C#N)c2)c1. The largest absolute Gasteiger partial charge is 0.374 e. The van der Waals surface area contributed by atoms with E-state index in [1.807, 2.05) is 6.07 Å². The monoisotopic (exact) mass is 391 g/mol. The molecule has 0 atom stereocenters. The molecule has 0 aliphatic carbocycles. The molecule has 10 heteroatoms. The molecule has 29 heavy (non-hydrogen) atoms. The minimum atomic E-state index is -0.649. The highest BCUT2D eigenvalue weighted by Gasteiger charge is 2.17. The minimum Gasteiger partial charge on any atom is -0.374 e. The lowest BCUT2D eigenvalue weighted by Gasteiger charge is -2.10. The Morgan fingerprint density at radius 3 is 2.79 bits per heavy atom. The average Bonchev–Trinajstić information content (AvgIpc) is 3.22. The van der Waals surface area contributed by atoms with Crippen LogP contribution in [-0.2, 0) is 6.54 Å². The normalized spacial score (nSPS) is 10.8. The van der Waals surface area contributed by atoms with Crippen LogP contribution in [0.1, 0.15) is 22.4 Å². The van der Waals surface area contributed by atoms with Crippen molar-refractivity contribution in [3.8, 4) is 12.1 Å². The van der Waals surface area contributed by atoms with Gasteiger partial charge in [0.1, 0.15) is 18.6 Å². The third-order valence-corrected chi connectivity index (χ3v) is 3.81. The van der Waals surface area contributed by atoms with Crippen LogP contribution in [0.2, 0.25) is 0 Å². The number of benzene rings is 2. The van der Waals surface area contributed by atoms with Gasteiger partial charge in [-0.1, -0.05) is 12.1 Å². The van der Waals surface area contributed by atoms with Crippen LogP contribution in [0.5, 0.6) is 0 Å². The number of aromatic nitrogens is 2. The van der Waals surface area contributed by atoms with E-state index in [1.165, 1.54) is 12.1 Å². The molecule has 1 heterocycles. The number of nitrogens with one attached hydrogen (secondary N) is 2. The summed E-state index contributed by atoms with van der Waals surface area (Å²) in [6, 6.07) is 14.7. The second-order valence-corrected chi connectivity index (χ2v) is 5.71. The molecule has 0 aliphatic heterocycles. The summed E-state index contributed by atoms with van der Waals surface area (Å²) in [4.78, 5) is 3.92. The lowest BCUT2D eigenvalue weighted by molar-refractivity contribution is 0.305. The third-order valence-electron chi connectivity index (χ3n) is 3.81. The van der Waals surface area contributed by atoms with Gasteiger partial charge in [-0.15, -0.1) is 0 Å². The van der Waals surface area contributed by atoms with Gasteiger partial charge in [0.05, 0.1) is 17.2 Å². The number of halogens is 1. The highest BCUT2D eigenvalue weighted by atomic mass is 19.1. The summed E-state index contributed by atoms with van der Waals surface area (Å²) < 4.78 is 18.3. The molecular formula is C19H14FN7O2. The van der Waals surface area contributed by atoms with Crippen molar-refractivity contribution in [3.63, 3.8) is 0 Å². The maximum atomic E-state index is 13.5. The Balaban J connectivity index is 1.81. The Bertz CT molecular complexity index is 1130. The Labute approximate surface area is 164 Å². The average molecular weight is 391 g/mol. The number of nitrogens with zero attached hydrogens (tertiary/aromatic N) is 5. The molecule has 144 valence electrons. The fourth-order valence-electron chi connectivity index (χ4n) is 2.47. The molecule has 0 radical (unpaired) electrons. The molecule has 0 saturated heterocycles. The summed E-state index contributed by atoms with van der Waals surface area (Å²) in [5.74, 6) is -0.295. The molecule has 2 aromatic carbocycles. The van der Waals surface area contributed by atoms with E-state index in [4.69, 9.17) is 15.2 Å². The van der Waals surface area contributed by atoms with Crippen LogP contribution in [-0.4, -0.2) is 28.0 Å². The number of amidine groups is 1. The fourth-order valence-corrected chi connectivity index (χ4v) is 2.47. The van der Waals surface area contributed by atoms with Crippen molar-refractivity contribution in [2.75, 3.05) is 17.4 Å².